The Morgan fingerprint density at radius 1 is 0.727 bits per heavy atom. The van der Waals surface area contributed by atoms with Gasteiger partial charge in [-0.2, -0.15) is 0 Å². The smallest absolute Gasteiger partial charge is 0.0312 e. The van der Waals surface area contributed by atoms with E-state index in [-0.39, 0.29) is 0 Å². The summed E-state index contributed by atoms with van der Waals surface area (Å²) in [5.41, 5.74) is 0. The van der Waals surface area contributed by atoms with Gasteiger partial charge in [0.25, 0.3) is 0 Å². The molecule has 0 aliphatic heterocycles. The van der Waals surface area contributed by atoms with Crippen molar-refractivity contribution in [2.24, 2.45) is 29.6 Å². The van der Waals surface area contributed by atoms with E-state index in [1.807, 2.05) is 0 Å². The predicted molar refractivity (Wildman–Crippen MR) is 44.8 cm³/mol. The van der Waals surface area contributed by atoms with Gasteiger partial charge in [-0.25, -0.2) is 0 Å². The van der Waals surface area contributed by atoms with Crippen molar-refractivity contribution >= 4 is 0 Å². The van der Waals surface area contributed by atoms with Gasteiger partial charge in [-0.1, -0.05) is 0 Å². The maximum atomic E-state index is 6.17. The molecule has 60 valence electrons. The van der Waals surface area contributed by atoms with Gasteiger partial charge in [-0.15, -0.1) is 0 Å². The van der Waals surface area contributed by atoms with Gasteiger partial charge in [0, 0.05) is 0 Å². The van der Waals surface area contributed by atoms with Crippen LogP contribution in [0, 0.1) is 36.5 Å². The molecule has 4 rings (SSSR count). The molecule has 4 bridgehead atoms. The van der Waals surface area contributed by atoms with Crippen molar-refractivity contribution < 1.29 is 0 Å². The number of hydrogen-bond acceptors (Lipinski definition) is 0. The van der Waals surface area contributed by atoms with E-state index < -0.39 is 0 Å². The molecule has 11 heavy (non-hydrogen) atoms. The van der Waals surface area contributed by atoms with Crippen molar-refractivity contribution in [3.8, 4) is 0 Å². The Balaban J connectivity index is 1.91. The van der Waals surface area contributed by atoms with Crippen LogP contribution < -0.4 is 0 Å². The molecule has 0 saturated heterocycles. The lowest BCUT2D eigenvalue weighted by atomic mass is 9.52. The van der Waals surface area contributed by atoms with E-state index in [1.54, 1.807) is 6.42 Å². The van der Waals surface area contributed by atoms with Crippen LogP contribution in [0.4, 0.5) is 0 Å². The molecular weight excluding hydrogens is 132 g/mol. The van der Waals surface area contributed by atoms with Crippen LogP contribution in [0.5, 0.6) is 0 Å². The maximum absolute atomic E-state index is 6.17. The molecule has 4 fully saturated rings. The van der Waals surface area contributed by atoms with Gasteiger partial charge in [0.2, 0.25) is 0 Å². The topological polar surface area (TPSA) is 0 Å². The van der Waals surface area contributed by atoms with E-state index in [0.29, 0.717) is 5.92 Å². The van der Waals surface area contributed by atoms with Crippen molar-refractivity contribution in [2.45, 2.75) is 32.1 Å². The molecular formula is C11H16. The Labute approximate surface area is 69.4 Å². The molecule has 0 amide bonds. The highest BCUT2D eigenvalue weighted by Crippen LogP contribution is 2.56. The van der Waals surface area contributed by atoms with Gasteiger partial charge < -0.3 is 0 Å². The summed E-state index contributed by atoms with van der Waals surface area (Å²) in [4.78, 5) is 0. The zero-order valence-corrected chi connectivity index (χ0v) is 7.00. The van der Waals surface area contributed by atoms with Crippen molar-refractivity contribution in [2.75, 3.05) is 0 Å². The first-order chi connectivity index (χ1) is 5.33. The molecule has 4 aliphatic rings. The third kappa shape index (κ3) is 0.816. The minimum Gasteiger partial charge on any atom is -0.0475 e. The van der Waals surface area contributed by atoms with E-state index >= 15 is 0 Å². The van der Waals surface area contributed by atoms with Crippen LogP contribution in [-0.2, 0) is 0 Å². The summed E-state index contributed by atoms with van der Waals surface area (Å²) >= 11 is 0. The Bertz CT molecular complexity index is 143. The quantitative estimate of drug-likeness (QED) is 0.495. The minimum absolute atomic E-state index is 0.586. The highest BCUT2D eigenvalue weighted by atomic mass is 14.5. The summed E-state index contributed by atoms with van der Waals surface area (Å²) in [6.45, 7) is 6.17. The SMILES string of the molecule is [CH]C1C2CC3CC(C2)CC1C3. The van der Waals surface area contributed by atoms with E-state index in [4.69, 9.17) is 6.92 Å². The Morgan fingerprint density at radius 3 is 1.64 bits per heavy atom. The van der Waals surface area contributed by atoms with Crippen molar-refractivity contribution in [3.63, 3.8) is 0 Å². The fourth-order valence-corrected chi connectivity index (χ4v) is 3.97. The molecule has 0 spiro atoms. The largest absolute Gasteiger partial charge is 0.0475 e. The van der Waals surface area contributed by atoms with Crippen LogP contribution in [0.25, 0.3) is 0 Å². The summed E-state index contributed by atoms with van der Waals surface area (Å²) in [5.74, 6) is 4.59. The van der Waals surface area contributed by atoms with Crippen LogP contribution in [0.1, 0.15) is 32.1 Å². The molecule has 0 aromatic carbocycles. The second-order valence-corrected chi connectivity index (χ2v) is 5.01. The van der Waals surface area contributed by atoms with Crippen LogP contribution in [0.3, 0.4) is 0 Å². The second-order valence-electron chi connectivity index (χ2n) is 5.01. The Hall–Kier alpha value is 0. The molecule has 4 saturated carbocycles. The summed E-state index contributed by atoms with van der Waals surface area (Å²) in [6, 6.07) is 0. The third-order valence-electron chi connectivity index (χ3n) is 4.30. The van der Waals surface area contributed by atoms with Gasteiger partial charge >= 0.3 is 0 Å². The van der Waals surface area contributed by atoms with E-state index in [2.05, 4.69) is 0 Å². The molecule has 0 N–H and O–H groups in total. The van der Waals surface area contributed by atoms with Gasteiger partial charge in [0.05, 0.1) is 0 Å². The van der Waals surface area contributed by atoms with Crippen molar-refractivity contribution in [3.05, 3.63) is 6.92 Å². The zero-order chi connectivity index (χ0) is 7.42. The monoisotopic (exact) mass is 148 g/mol. The Morgan fingerprint density at radius 2 is 1.18 bits per heavy atom. The van der Waals surface area contributed by atoms with Crippen molar-refractivity contribution in [1.82, 2.24) is 0 Å². The van der Waals surface area contributed by atoms with Gasteiger partial charge in [-0.3, -0.25) is 0 Å². The van der Waals surface area contributed by atoms with Crippen LogP contribution in [-0.4, -0.2) is 0 Å². The van der Waals surface area contributed by atoms with E-state index in [0.717, 1.165) is 23.7 Å². The molecule has 0 aromatic rings. The summed E-state index contributed by atoms with van der Waals surface area (Å²) in [7, 11) is 0. The average molecular weight is 148 g/mol. The lowest BCUT2D eigenvalue weighted by molar-refractivity contribution is -0.0173. The van der Waals surface area contributed by atoms with E-state index in [9.17, 15) is 0 Å². The molecule has 0 heterocycles. The standard InChI is InChI=1S/C11H16/c1-7-10-3-8-2-9(5-10)6-11(7)4-8/h1,7-11H,2-6H2. The second kappa shape index (κ2) is 2.02. The number of rotatable bonds is 0. The van der Waals surface area contributed by atoms with Gasteiger partial charge in [0.1, 0.15) is 0 Å². The highest BCUT2D eigenvalue weighted by molar-refractivity contribution is 4.98. The molecule has 2 radical (unpaired) electrons. The number of hydrogen-bond donors (Lipinski definition) is 0. The zero-order valence-electron chi connectivity index (χ0n) is 7.00. The third-order valence-corrected chi connectivity index (χ3v) is 4.30. The first-order valence-corrected chi connectivity index (χ1v) is 5.08. The summed E-state index contributed by atoms with van der Waals surface area (Å²) in [6.07, 6.45) is 7.41. The molecule has 0 atom stereocenters. The normalized spacial score (nSPS) is 60.3. The first kappa shape index (κ1) is 6.51. The lowest BCUT2D eigenvalue weighted by Crippen LogP contribution is -2.43. The van der Waals surface area contributed by atoms with E-state index in [1.165, 1.54) is 25.7 Å². The fourth-order valence-electron chi connectivity index (χ4n) is 3.97. The predicted octanol–water partition coefficient (Wildman–Crippen LogP) is 2.77. The fraction of sp³-hybridized carbons (Fsp3) is 0.909. The molecule has 0 nitrogen and oxygen atoms in total. The van der Waals surface area contributed by atoms with Crippen molar-refractivity contribution in [1.29, 1.82) is 0 Å². The average Bonchev–Trinajstić information content (AvgIpc) is 1.98. The highest BCUT2D eigenvalue weighted by Gasteiger charge is 2.46. The van der Waals surface area contributed by atoms with Gasteiger partial charge in [-0.05, 0) is 68.6 Å². The maximum Gasteiger partial charge on any atom is -0.0312 e. The first-order valence-electron chi connectivity index (χ1n) is 5.08. The lowest BCUT2D eigenvalue weighted by Gasteiger charge is -2.53. The van der Waals surface area contributed by atoms with Crippen LogP contribution in [0.15, 0.2) is 0 Å². The van der Waals surface area contributed by atoms with Gasteiger partial charge in [0.15, 0.2) is 0 Å². The molecule has 0 aromatic heterocycles. The summed E-state index contributed by atoms with van der Waals surface area (Å²) in [5, 5.41) is 0. The van der Waals surface area contributed by atoms with Crippen LogP contribution in [0.2, 0.25) is 0 Å². The van der Waals surface area contributed by atoms with Crippen LogP contribution >= 0.6 is 0 Å². The molecule has 0 unspecified atom stereocenters. The molecule has 4 aliphatic carbocycles. The minimum atomic E-state index is 0.586. The molecule has 0 heteroatoms. The Kier molecular flexibility index (Phi) is 1.20. The summed E-state index contributed by atoms with van der Waals surface area (Å²) < 4.78 is 0.